The summed E-state index contributed by atoms with van der Waals surface area (Å²) < 4.78 is 0. The van der Waals surface area contributed by atoms with E-state index in [1.807, 2.05) is 31.2 Å². The van der Waals surface area contributed by atoms with Crippen LogP contribution in [0.3, 0.4) is 0 Å². The summed E-state index contributed by atoms with van der Waals surface area (Å²) >= 11 is 0. The molecule has 0 saturated carbocycles. The van der Waals surface area contributed by atoms with Crippen molar-refractivity contribution in [3.05, 3.63) is 41.1 Å². The summed E-state index contributed by atoms with van der Waals surface area (Å²) in [5.74, 6) is -1.36. The Morgan fingerprint density at radius 2 is 2.00 bits per heavy atom. The van der Waals surface area contributed by atoms with Crippen molar-refractivity contribution >= 4 is 29.0 Å². The number of nitrogens with one attached hydrogen (secondary N) is 2. The second-order valence-electron chi connectivity index (χ2n) is 5.20. The highest BCUT2D eigenvalue weighted by Gasteiger charge is 2.41. The van der Waals surface area contributed by atoms with Crippen LogP contribution in [0.1, 0.15) is 12.5 Å². The summed E-state index contributed by atoms with van der Waals surface area (Å²) in [6, 6.07) is 7.44. The number of nitrogens with two attached hydrogens (primary N) is 1. The van der Waals surface area contributed by atoms with Gasteiger partial charge >= 0.3 is 0 Å². The number of para-hydroxylation sites is 1. The maximum atomic E-state index is 12.6. The molecule has 1 aromatic carbocycles. The van der Waals surface area contributed by atoms with Gasteiger partial charge in [0.25, 0.3) is 5.91 Å². The number of allylic oxidation sites excluding steroid dienone is 1. The van der Waals surface area contributed by atoms with Gasteiger partial charge in [-0.15, -0.1) is 5.10 Å². The number of benzene rings is 1. The van der Waals surface area contributed by atoms with Crippen LogP contribution in [0, 0.1) is 12.8 Å². The number of rotatable bonds is 2. The van der Waals surface area contributed by atoms with Crippen LogP contribution in [-0.4, -0.2) is 23.4 Å². The number of hydrogen-bond acceptors (Lipinski definition) is 5. The van der Waals surface area contributed by atoms with Crippen molar-refractivity contribution < 1.29 is 9.59 Å². The molecular formula is C15H15N5O2. The quantitative estimate of drug-likeness (QED) is 0.746. The molecule has 2 heterocycles. The highest BCUT2D eigenvalue weighted by Crippen LogP contribution is 2.24. The predicted octanol–water partition coefficient (Wildman–Crippen LogP) is 0.680. The van der Waals surface area contributed by atoms with E-state index in [4.69, 9.17) is 5.73 Å². The molecule has 0 saturated heterocycles. The second kappa shape index (κ2) is 5.10. The molecule has 0 aliphatic carbocycles. The Morgan fingerprint density at radius 1 is 1.27 bits per heavy atom. The largest absolute Gasteiger partial charge is 0.385 e. The molecule has 1 atom stereocenters. The lowest BCUT2D eigenvalue weighted by molar-refractivity contribution is -0.120. The Morgan fingerprint density at radius 3 is 2.73 bits per heavy atom. The molecule has 4 N–H and O–H groups in total. The first kappa shape index (κ1) is 14.0. The Hall–Kier alpha value is -2.96. The molecule has 2 amide bonds. The predicted molar refractivity (Wildman–Crippen MR) is 83.2 cm³/mol. The zero-order valence-electron chi connectivity index (χ0n) is 12.2. The molecule has 7 heteroatoms. The molecular weight excluding hydrogens is 282 g/mol. The molecule has 0 bridgehead atoms. The Balaban J connectivity index is 1.94. The average Bonchev–Trinajstić information content (AvgIpc) is 2.83. The van der Waals surface area contributed by atoms with E-state index in [2.05, 4.69) is 20.8 Å². The van der Waals surface area contributed by atoms with Crippen LogP contribution in [0.5, 0.6) is 0 Å². The normalized spacial score (nSPS) is 20.1. The standard InChI is InChI=1S/C15H15N5O2/c1-7-5-3-4-6-9(7)18-14(21)10-8(2)17-15(22)11-12(10)19-20-13(11)16/h3-6,11H,1-2H3,(H2,16,20)(H,17,22)(H,18,21). The molecule has 0 spiro atoms. The van der Waals surface area contributed by atoms with Gasteiger partial charge in [-0.3, -0.25) is 9.59 Å². The van der Waals surface area contributed by atoms with E-state index in [9.17, 15) is 9.59 Å². The third-order valence-corrected chi connectivity index (χ3v) is 3.67. The number of nitrogens with zero attached hydrogens (tertiary/aromatic N) is 2. The van der Waals surface area contributed by atoms with Crippen molar-refractivity contribution in [2.75, 3.05) is 5.32 Å². The maximum Gasteiger partial charge on any atom is 0.259 e. The molecule has 0 aromatic heterocycles. The summed E-state index contributed by atoms with van der Waals surface area (Å²) in [7, 11) is 0. The van der Waals surface area contributed by atoms with Gasteiger partial charge in [0.05, 0.1) is 11.3 Å². The summed E-state index contributed by atoms with van der Waals surface area (Å²) in [4.78, 5) is 24.6. The van der Waals surface area contributed by atoms with Crippen LogP contribution >= 0.6 is 0 Å². The van der Waals surface area contributed by atoms with Crippen molar-refractivity contribution in [1.82, 2.24) is 5.32 Å². The SMILES string of the molecule is CC1=C(C(=O)Nc2ccccc2C)C2=NN=C(N)C2C(=O)N1. The Labute approximate surface area is 127 Å². The maximum absolute atomic E-state index is 12.6. The summed E-state index contributed by atoms with van der Waals surface area (Å²) in [6.07, 6.45) is 0. The van der Waals surface area contributed by atoms with E-state index in [1.54, 1.807) is 6.92 Å². The van der Waals surface area contributed by atoms with Crippen LogP contribution in [0.4, 0.5) is 5.69 Å². The topological polar surface area (TPSA) is 109 Å². The Bertz CT molecular complexity index is 776. The van der Waals surface area contributed by atoms with Gasteiger partial charge in [0.15, 0.2) is 0 Å². The molecule has 7 nitrogen and oxygen atoms in total. The highest BCUT2D eigenvalue weighted by atomic mass is 16.2. The number of fused-ring (bicyclic) bond motifs is 1. The number of carbonyl (C=O) groups excluding carboxylic acids is 2. The third kappa shape index (κ3) is 2.16. The number of amides is 2. The second-order valence-corrected chi connectivity index (χ2v) is 5.20. The third-order valence-electron chi connectivity index (χ3n) is 3.67. The molecule has 3 rings (SSSR count). The van der Waals surface area contributed by atoms with Crippen LogP contribution in [0.15, 0.2) is 45.7 Å². The first-order valence-electron chi connectivity index (χ1n) is 6.79. The average molecular weight is 297 g/mol. The van der Waals surface area contributed by atoms with E-state index in [-0.39, 0.29) is 17.6 Å². The van der Waals surface area contributed by atoms with Gasteiger partial charge in [-0.05, 0) is 25.5 Å². The van der Waals surface area contributed by atoms with Crippen molar-refractivity contribution in [1.29, 1.82) is 0 Å². The van der Waals surface area contributed by atoms with E-state index >= 15 is 0 Å². The summed E-state index contributed by atoms with van der Waals surface area (Å²) in [5, 5.41) is 13.1. The van der Waals surface area contributed by atoms with Crippen LogP contribution < -0.4 is 16.4 Å². The smallest absolute Gasteiger partial charge is 0.259 e. The minimum atomic E-state index is -0.790. The first-order valence-corrected chi connectivity index (χ1v) is 6.79. The molecule has 22 heavy (non-hydrogen) atoms. The van der Waals surface area contributed by atoms with Gasteiger partial charge in [-0.1, -0.05) is 18.2 Å². The monoisotopic (exact) mass is 297 g/mol. The minimum absolute atomic E-state index is 0.0983. The zero-order chi connectivity index (χ0) is 15.9. The highest BCUT2D eigenvalue weighted by molar-refractivity contribution is 6.38. The van der Waals surface area contributed by atoms with Crippen molar-refractivity contribution in [3.63, 3.8) is 0 Å². The molecule has 0 radical (unpaired) electrons. The molecule has 0 fully saturated rings. The molecule has 1 unspecified atom stereocenters. The zero-order valence-corrected chi connectivity index (χ0v) is 12.2. The number of hydrogen-bond donors (Lipinski definition) is 3. The molecule has 2 aliphatic heterocycles. The number of carbonyl (C=O) groups is 2. The van der Waals surface area contributed by atoms with E-state index in [0.29, 0.717) is 22.7 Å². The number of anilines is 1. The first-order chi connectivity index (χ1) is 10.5. The van der Waals surface area contributed by atoms with Crippen LogP contribution in [-0.2, 0) is 9.59 Å². The number of aryl methyl sites for hydroxylation is 1. The van der Waals surface area contributed by atoms with E-state index < -0.39 is 5.92 Å². The molecule has 1 aromatic rings. The van der Waals surface area contributed by atoms with Gasteiger partial charge in [0.2, 0.25) is 5.91 Å². The van der Waals surface area contributed by atoms with Crippen LogP contribution in [0.25, 0.3) is 0 Å². The van der Waals surface area contributed by atoms with Gasteiger partial charge in [-0.2, -0.15) is 5.10 Å². The van der Waals surface area contributed by atoms with Crippen LogP contribution in [0.2, 0.25) is 0 Å². The lowest BCUT2D eigenvalue weighted by Gasteiger charge is -2.23. The van der Waals surface area contributed by atoms with Gasteiger partial charge in [-0.25, -0.2) is 0 Å². The minimum Gasteiger partial charge on any atom is -0.385 e. The van der Waals surface area contributed by atoms with E-state index in [0.717, 1.165) is 5.56 Å². The number of amidine groups is 1. The van der Waals surface area contributed by atoms with Gasteiger partial charge < -0.3 is 16.4 Å². The fourth-order valence-electron chi connectivity index (χ4n) is 2.52. The summed E-state index contributed by atoms with van der Waals surface area (Å²) in [5.41, 5.74) is 8.37. The van der Waals surface area contributed by atoms with Crippen molar-refractivity contribution in [2.24, 2.45) is 21.9 Å². The summed E-state index contributed by atoms with van der Waals surface area (Å²) in [6.45, 7) is 3.55. The lowest BCUT2D eigenvalue weighted by atomic mass is 9.90. The van der Waals surface area contributed by atoms with Crippen molar-refractivity contribution in [3.8, 4) is 0 Å². The fraction of sp³-hybridized carbons (Fsp3) is 0.200. The van der Waals surface area contributed by atoms with Gasteiger partial charge in [0.1, 0.15) is 11.8 Å². The van der Waals surface area contributed by atoms with Crippen molar-refractivity contribution in [2.45, 2.75) is 13.8 Å². The molecule has 2 aliphatic rings. The molecule has 112 valence electrons. The Kier molecular flexibility index (Phi) is 3.25. The lowest BCUT2D eigenvalue weighted by Crippen LogP contribution is -2.47. The van der Waals surface area contributed by atoms with Gasteiger partial charge in [0, 0.05) is 11.4 Å². The fourth-order valence-corrected chi connectivity index (χ4v) is 2.52. The van der Waals surface area contributed by atoms with E-state index in [1.165, 1.54) is 0 Å².